The van der Waals surface area contributed by atoms with Crippen LogP contribution < -0.4 is 0 Å². The summed E-state index contributed by atoms with van der Waals surface area (Å²) < 4.78 is 11.1. The summed E-state index contributed by atoms with van der Waals surface area (Å²) in [7, 11) is 0. The van der Waals surface area contributed by atoms with Crippen molar-refractivity contribution >= 4 is 5.97 Å². The highest BCUT2D eigenvalue weighted by Gasteiger charge is 2.70. The van der Waals surface area contributed by atoms with Gasteiger partial charge in [0.1, 0.15) is 6.10 Å². The molecule has 0 radical (unpaired) electrons. The third kappa shape index (κ3) is 0.761. The van der Waals surface area contributed by atoms with E-state index in [2.05, 4.69) is 6.92 Å². The highest BCUT2D eigenvalue weighted by Crippen LogP contribution is 2.60. The van der Waals surface area contributed by atoms with E-state index in [-0.39, 0.29) is 12.1 Å². The summed E-state index contributed by atoms with van der Waals surface area (Å²) in [6.07, 6.45) is 2.16. The van der Waals surface area contributed by atoms with Crippen LogP contribution in [0.1, 0.15) is 26.7 Å². The standard InChI is InChI=1S/C11H16O3/c1-3-13-11-5-7-4-8(11)9(6(7)2)14-10(11)12/h6-9H,3-5H2,1-2H3. The molecule has 0 aromatic carbocycles. The molecule has 3 fully saturated rings. The van der Waals surface area contributed by atoms with Gasteiger partial charge >= 0.3 is 5.97 Å². The van der Waals surface area contributed by atoms with E-state index in [0.717, 1.165) is 12.8 Å². The normalized spacial score (nSPS) is 54.0. The largest absolute Gasteiger partial charge is 0.460 e. The Kier molecular flexibility index (Phi) is 1.56. The fraction of sp³-hybridized carbons (Fsp3) is 0.909. The molecule has 0 spiro atoms. The maximum atomic E-state index is 11.8. The van der Waals surface area contributed by atoms with Crippen molar-refractivity contribution in [2.75, 3.05) is 6.61 Å². The summed E-state index contributed by atoms with van der Waals surface area (Å²) in [5.74, 6) is 1.43. The summed E-state index contributed by atoms with van der Waals surface area (Å²) in [5, 5.41) is 0. The van der Waals surface area contributed by atoms with Gasteiger partial charge in [0, 0.05) is 12.5 Å². The summed E-state index contributed by atoms with van der Waals surface area (Å²) in [6.45, 7) is 4.76. The fourth-order valence-corrected chi connectivity index (χ4v) is 3.71. The van der Waals surface area contributed by atoms with Crippen molar-refractivity contribution in [3.63, 3.8) is 0 Å². The molecular weight excluding hydrogens is 180 g/mol. The Labute approximate surface area is 83.8 Å². The van der Waals surface area contributed by atoms with Crippen molar-refractivity contribution in [1.82, 2.24) is 0 Å². The van der Waals surface area contributed by atoms with E-state index >= 15 is 0 Å². The third-order valence-corrected chi connectivity index (χ3v) is 4.37. The molecule has 5 atom stereocenters. The van der Waals surface area contributed by atoms with Gasteiger partial charge in [-0.25, -0.2) is 4.79 Å². The predicted molar refractivity (Wildman–Crippen MR) is 49.6 cm³/mol. The van der Waals surface area contributed by atoms with Gasteiger partial charge in [0.2, 0.25) is 0 Å². The van der Waals surface area contributed by atoms with Crippen LogP contribution in [0.25, 0.3) is 0 Å². The number of carbonyl (C=O) groups excluding carboxylic acids is 1. The summed E-state index contributed by atoms with van der Waals surface area (Å²) in [5.41, 5.74) is -0.545. The van der Waals surface area contributed by atoms with Gasteiger partial charge in [0.05, 0.1) is 0 Å². The van der Waals surface area contributed by atoms with Crippen LogP contribution in [0.4, 0.5) is 0 Å². The van der Waals surface area contributed by atoms with Gasteiger partial charge in [-0.1, -0.05) is 6.92 Å². The number of ether oxygens (including phenoxy) is 2. The first-order valence-corrected chi connectivity index (χ1v) is 5.54. The zero-order valence-electron chi connectivity index (χ0n) is 8.66. The Bertz CT molecular complexity index is 288. The number of rotatable bonds is 2. The molecule has 3 nitrogen and oxygen atoms in total. The van der Waals surface area contributed by atoms with Crippen molar-refractivity contribution in [1.29, 1.82) is 0 Å². The molecule has 3 heteroatoms. The van der Waals surface area contributed by atoms with Gasteiger partial charge in [-0.15, -0.1) is 0 Å². The van der Waals surface area contributed by atoms with Crippen LogP contribution in [-0.4, -0.2) is 24.3 Å². The van der Waals surface area contributed by atoms with E-state index in [1.807, 2.05) is 6.92 Å². The van der Waals surface area contributed by atoms with Crippen molar-refractivity contribution < 1.29 is 14.3 Å². The topological polar surface area (TPSA) is 35.5 Å². The SMILES string of the molecule is CCOC12CC3CC1C(OC2=O)C3C. The zero-order chi connectivity index (χ0) is 9.92. The Morgan fingerprint density at radius 2 is 2.43 bits per heavy atom. The molecule has 14 heavy (non-hydrogen) atoms. The first-order valence-electron chi connectivity index (χ1n) is 5.54. The van der Waals surface area contributed by atoms with Crippen LogP contribution in [0.3, 0.4) is 0 Å². The molecule has 2 saturated carbocycles. The Balaban J connectivity index is 1.98. The van der Waals surface area contributed by atoms with E-state index in [0.29, 0.717) is 24.4 Å². The minimum absolute atomic E-state index is 0.0961. The highest BCUT2D eigenvalue weighted by atomic mass is 16.6. The lowest BCUT2D eigenvalue weighted by molar-refractivity contribution is -0.159. The van der Waals surface area contributed by atoms with Gasteiger partial charge in [0.25, 0.3) is 0 Å². The Morgan fingerprint density at radius 1 is 1.64 bits per heavy atom. The second-order valence-electron chi connectivity index (χ2n) is 4.86. The maximum Gasteiger partial charge on any atom is 0.339 e. The second-order valence-corrected chi connectivity index (χ2v) is 4.86. The molecular formula is C11H16O3. The van der Waals surface area contributed by atoms with Gasteiger partial charge < -0.3 is 9.47 Å². The van der Waals surface area contributed by atoms with Crippen LogP contribution in [0.2, 0.25) is 0 Å². The smallest absolute Gasteiger partial charge is 0.339 e. The van der Waals surface area contributed by atoms with E-state index in [4.69, 9.17) is 9.47 Å². The van der Waals surface area contributed by atoms with Crippen molar-refractivity contribution in [3.05, 3.63) is 0 Å². The monoisotopic (exact) mass is 196 g/mol. The molecule has 0 amide bonds. The van der Waals surface area contributed by atoms with Crippen LogP contribution in [0, 0.1) is 17.8 Å². The Hall–Kier alpha value is -0.570. The molecule has 0 aromatic heterocycles. The summed E-state index contributed by atoms with van der Waals surface area (Å²) in [4.78, 5) is 11.8. The average Bonchev–Trinajstić information content (AvgIpc) is 2.69. The van der Waals surface area contributed by atoms with Crippen LogP contribution in [-0.2, 0) is 14.3 Å². The minimum Gasteiger partial charge on any atom is -0.460 e. The molecule has 5 unspecified atom stereocenters. The maximum absolute atomic E-state index is 11.8. The number of hydrogen-bond acceptors (Lipinski definition) is 3. The van der Waals surface area contributed by atoms with Crippen LogP contribution in [0.15, 0.2) is 0 Å². The van der Waals surface area contributed by atoms with E-state index < -0.39 is 5.60 Å². The fourth-order valence-electron chi connectivity index (χ4n) is 3.71. The van der Waals surface area contributed by atoms with Crippen LogP contribution in [0.5, 0.6) is 0 Å². The van der Waals surface area contributed by atoms with E-state index in [1.54, 1.807) is 0 Å². The minimum atomic E-state index is -0.545. The molecule has 78 valence electrons. The molecule has 1 heterocycles. The number of hydrogen-bond donors (Lipinski definition) is 0. The number of esters is 1. The average molecular weight is 196 g/mol. The third-order valence-electron chi connectivity index (χ3n) is 4.37. The molecule has 3 aliphatic rings. The quantitative estimate of drug-likeness (QED) is 0.626. The molecule has 1 saturated heterocycles. The van der Waals surface area contributed by atoms with Crippen molar-refractivity contribution in [2.24, 2.45) is 17.8 Å². The lowest BCUT2D eigenvalue weighted by Crippen LogP contribution is -2.43. The molecule has 0 N–H and O–H groups in total. The summed E-state index contributed by atoms with van der Waals surface area (Å²) in [6, 6.07) is 0. The molecule has 0 aromatic rings. The Morgan fingerprint density at radius 3 is 3.07 bits per heavy atom. The highest BCUT2D eigenvalue weighted by molar-refractivity contribution is 5.84. The van der Waals surface area contributed by atoms with Gasteiger partial charge in [-0.3, -0.25) is 0 Å². The van der Waals surface area contributed by atoms with E-state index in [9.17, 15) is 4.79 Å². The second kappa shape index (κ2) is 2.51. The van der Waals surface area contributed by atoms with Crippen LogP contribution >= 0.6 is 0 Å². The zero-order valence-corrected chi connectivity index (χ0v) is 8.66. The molecule has 3 rings (SSSR count). The number of carbonyl (C=O) groups is 1. The van der Waals surface area contributed by atoms with Gasteiger partial charge in [0.15, 0.2) is 5.60 Å². The molecule has 2 bridgehead atoms. The predicted octanol–water partition coefficient (Wildman–Crippen LogP) is 1.36. The molecule has 1 aliphatic heterocycles. The summed E-state index contributed by atoms with van der Waals surface area (Å²) >= 11 is 0. The van der Waals surface area contributed by atoms with Gasteiger partial charge in [-0.2, -0.15) is 0 Å². The number of fused-ring (bicyclic) bond motifs is 1. The lowest BCUT2D eigenvalue weighted by Gasteiger charge is -2.30. The van der Waals surface area contributed by atoms with E-state index in [1.165, 1.54) is 0 Å². The molecule has 2 aliphatic carbocycles. The van der Waals surface area contributed by atoms with Crippen molar-refractivity contribution in [3.8, 4) is 0 Å². The first-order chi connectivity index (χ1) is 6.69. The first kappa shape index (κ1) is 8.72. The lowest BCUT2D eigenvalue weighted by atomic mass is 9.80. The van der Waals surface area contributed by atoms with Crippen molar-refractivity contribution in [2.45, 2.75) is 38.4 Å². The van der Waals surface area contributed by atoms with Gasteiger partial charge in [-0.05, 0) is 31.6 Å².